The molecule has 0 aromatic rings. The highest BCUT2D eigenvalue weighted by Gasteiger charge is 2.58. The molecule has 96 valence electrons. The Morgan fingerprint density at radius 3 is 2.76 bits per heavy atom. The molecule has 2 aliphatic rings. The molecule has 0 saturated carbocycles. The number of hydrogen-bond acceptors (Lipinski definition) is 4. The van der Waals surface area contributed by atoms with Crippen LogP contribution in [0, 0.1) is 0 Å². The minimum absolute atomic E-state index is 0.00153. The molecule has 2 aliphatic heterocycles. The van der Waals surface area contributed by atoms with Crippen LogP contribution < -0.4 is 11.1 Å². The fraction of sp³-hybridized carbons (Fsp3) is 0.818. The first kappa shape index (κ1) is 12.3. The molecule has 0 aliphatic carbocycles. The number of carbonyl (C=O) groups is 2. The normalized spacial score (nSPS) is 35.4. The van der Waals surface area contributed by atoms with Gasteiger partial charge in [0, 0.05) is 6.04 Å². The number of likely N-dealkylation sites (tertiary alicyclic amines) is 1. The van der Waals surface area contributed by atoms with Gasteiger partial charge in [-0.3, -0.25) is 9.59 Å². The van der Waals surface area contributed by atoms with Gasteiger partial charge in [-0.2, -0.15) is 0 Å². The maximum absolute atomic E-state index is 12.2. The molecule has 2 fully saturated rings. The van der Waals surface area contributed by atoms with Crippen LogP contribution >= 0.6 is 0 Å². The van der Waals surface area contributed by atoms with Crippen LogP contribution in [0.1, 0.15) is 26.7 Å². The molecule has 17 heavy (non-hydrogen) atoms. The summed E-state index contributed by atoms with van der Waals surface area (Å²) in [4.78, 5) is 25.5. The Morgan fingerprint density at radius 1 is 1.71 bits per heavy atom. The average molecular weight is 241 g/mol. The predicted octanol–water partition coefficient (Wildman–Crippen LogP) is -1.43. The van der Waals surface area contributed by atoms with Crippen molar-refractivity contribution in [3.63, 3.8) is 0 Å². The standard InChI is InChI=1S/C11H19N3O3/c1-6-3-4-11(5-13-10(11)17)14(6)9(16)8(12)7(2)15/h6-8,15H,3-5,12H2,1-2H3,(H,13,17). The molecule has 4 N–H and O–H groups in total. The zero-order valence-electron chi connectivity index (χ0n) is 10.1. The molecular formula is C11H19N3O3. The number of aliphatic hydroxyl groups is 1. The summed E-state index contributed by atoms with van der Waals surface area (Å²) in [5, 5.41) is 12.1. The number of carbonyl (C=O) groups excluding carboxylic acids is 2. The van der Waals surface area contributed by atoms with Crippen molar-refractivity contribution in [1.29, 1.82) is 0 Å². The van der Waals surface area contributed by atoms with Crippen LogP contribution in [0.4, 0.5) is 0 Å². The first-order valence-electron chi connectivity index (χ1n) is 5.95. The molecule has 6 nitrogen and oxygen atoms in total. The number of rotatable bonds is 2. The van der Waals surface area contributed by atoms with E-state index < -0.39 is 17.7 Å². The van der Waals surface area contributed by atoms with Gasteiger partial charge in [0.15, 0.2) is 0 Å². The van der Waals surface area contributed by atoms with E-state index >= 15 is 0 Å². The van der Waals surface area contributed by atoms with Gasteiger partial charge in [0.05, 0.1) is 12.6 Å². The Labute approximate surface area is 100 Å². The molecule has 4 atom stereocenters. The fourth-order valence-electron chi connectivity index (χ4n) is 2.68. The lowest BCUT2D eigenvalue weighted by Gasteiger charge is -2.46. The Balaban J connectivity index is 2.23. The van der Waals surface area contributed by atoms with Crippen molar-refractivity contribution >= 4 is 11.8 Å². The number of hydrogen-bond donors (Lipinski definition) is 3. The van der Waals surface area contributed by atoms with Crippen LogP contribution in [0.2, 0.25) is 0 Å². The zero-order chi connectivity index (χ0) is 12.8. The number of nitrogens with zero attached hydrogens (tertiary/aromatic N) is 1. The molecule has 4 unspecified atom stereocenters. The summed E-state index contributed by atoms with van der Waals surface area (Å²) < 4.78 is 0. The summed E-state index contributed by atoms with van der Waals surface area (Å²) in [6.45, 7) is 3.89. The van der Waals surface area contributed by atoms with Gasteiger partial charge in [-0.25, -0.2) is 0 Å². The Morgan fingerprint density at radius 2 is 2.35 bits per heavy atom. The highest BCUT2D eigenvalue weighted by molar-refractivity contribution is 5.98. The van der Waals surface area contributed by atoms with Gasteiger partial charge in [0.1, 0.15) is 11.6 Å². The highest BCUT2D eigenvalue weighted by atomic mass is 16.3. The summed E-state index contributed by atoms with van der Waals surface area (Å²) in [6.07, 6.45) is 0.569. The summed E-state index contributed by atoms with van der Waals surface area (Å²) in [5.41, 5.74) is 4.97. The average Bonchev–Trinajstić information content (AvgIpc) is 2.65. The van der Waals surface area contributed by atoms with Crippen molar-refractivity contribution in [2.75, 3.05) is 6.54 Å². The third kappa shape index (κ3) is 1.63. The Hall–Kier alpha value is -1.14. The lowest BCUT2D eigenvalue weighted by molar-refractivity contribution is -0.155. The molecule has 0 bridgehead atoms. The van der Waals surface area contributed by atoms with Gasteiger partial charge in [-0.15, -0.1) is 0 Å². The van der Waals surface area contributed by atoms with Crippen LogP contribution in [0.5, 0.6) is 0 Å². The summed E-state index contributed by atoms with van der Waals surface area (Å²) >= 11 is 0. The maximum atomic E-state index is 12.2. The largest absolute Gasteiger partial charge is 0.391 e. The first-order valence-corrected chi connectivity index (χ1v) is 5.95. The maximum Gasteiger partial charge on any atom is 0.247 e. The van der Waals surface area contributed by atoms with Gasteiger partial charge < -0.3 is 21.1 Å². The van der Waals surface area contributed by atoms with E-state index in [0.717, 1.165) is 6.42 Å². The zero-order valence-corrected chi connectivity index (χ0v) is 10.1. The van der Waals surface area contributed by atoms with Crippen LogP contribution in [0.15, 0.2) is 0 Å². The Bertz CT molecular complexity index is 358. The van der Waals surface area contributed by atoms with E-state index in [0.29, 0.717) is 13.0 Å². The molecule has 1 spiro atoms. The van der Waals surface area contributed by atoms with E-state index in [1.807, 2.05) is 6.92 Å². The fourth-order valence-corrected chi connectivity index (χ4v) is 2.68. The summed E-state index contributed by atoms with van der Waals surface area (Å²) in [5.74, 6) is -0.437. The van der Waals surface area contributed by atoms with E-state index in [2.05, 4.69) is 5.32 Å². The highest BCUT2D eigenvalue weighted by Crippen LogP contribution is 2.38. The molecule has 0 aromatic carbocycles. The van der Waals surface area contributed by atoms with Crippen molar-refractivity contribution < 1.29 is 14.7 Å². The minimum atomic E-state index is -0.958. The van der Waals surface area contributed by atoms with Crippen LogP contribution in [-0.4, -0.2) is 52.1 Å². The summed E-state index contributed by atoms with van der Waals surface area (Å²) in [6, 6.07) is -0.959. The molecule has 2 heterocycles. The van der Waals surface area contributed by atoms with Crippen molar-refractivity contribution in [3.8, 4) is 0 Å². The number of amides is 2. The van der Waals surface area contributed by atoms with Crippen LogP contribution in [-0.2, 0) is 9.59 Å². The lowest BCUT2D eigenvalue weighted by atomic mass is 9.87. The smallest absolute Gasteiger partial charge is 0.247 e. The van der Waals surface area contributed by atoms with Gasteiger partial charge in [0.25, 0.3) is 0 Å². The SMILES string of the molecule is CC(O)C(N)C(=O)N1C(C)CCC12CNC2=O. The van der Waals surface area contributed by atoms with E-state index in [1.54, 1.807) is 4.90 Å². The quantitative estimate of drug-likeness (QED) is 0.517. The topological polar surface area (TPSA) is 95.7 Å². The Kier molecular flexibility index (Phi) is 2.87. The monoisotopic (exact) mass is 241 g/mol. The molecule has 2 amide bonds. The molecule has 2 rings (SSSR count). The van der Waals surface area contributed by atoms with Crippen molar-refractivity contribution in [1.82, 2.24) is 10.2 Å². The van der Waals surface area contributed by atoms with Crippen molar-refractivity contribution in [3.05, 3.63) is 0 Å². The second-order valence-electron chi connectivity index (χ2n) is 5.08. The number of nitrogens with two attached hydrogens (primary N) is 1. The van der Waals surface area contributed by atoms with Gasteiger partial charge in [-0.05, 0) is 26.7 Å². The number of nitrogens with one attached hydrogen (secondary N) is 1. The van der Waals surface area contributed by atoms with Crippen LogP contribution in [0.25, 0.3) is 0 Å². The number of β-lactam (4-membered cyclic amide) rings is 1. The summed E-state index contributed by atoms with van der Waals surface area (Å²) in [7, 11) is 0. The van der Waals surface area contributed by atoms with E-state index in [9.17, 15) is 14.7 Å². The number of aliphatic hydroxyl groups excluding tert-OH is 1. The molecular weight excluding hydrogens is 222 g/mol. The van der Waals surface area contributed by atoms with Crippen molar-refractivity contribution in [2.24, 2.45) is 5.73 Å². The van der Waals surface area contributed by atoms with E-state index in [-0.39, 0.29) is 17.9 Å². The molecule has 0 aromatic heterocycles. The van der Waals surface area contributed by atoms with E-state index in [4.69, 9.17) is 5.73 Å². The molecule has 0 radical (unpaired) electrons. The van der Waals surface area contributed by atoms with Gasteiger partial charge >= 0.3 is 0 Å². The molecule has 2 saturated heterocycles. The second-order valence-corrected chi connectivity index (χ2v) is 5.08. The molecule has 6 heteroatoms. The lowest BCUT2D eigenvalue weighted by Crippen LogP contribution is -2.74. The third-order valence-corrected chi connectivity index (χ3v) is 3.88. The van der Waals surface area contributed by atoms with Gasteiger partial charge in [0.2, 0.25) is 11.8 Å². The predicted molar refractivity (Wildman–Crippen MR) is 60.9 cm³/mol. The van der Waals surface area contributed by atoms with Crippen LogP contribution in [0.3, 0.4) is 0 Å². The third-order valence-electron chi connectivity index (χ3n) is 3.88. The first-order chi connectivity index (χ1) is 7.90. The van der Waals surface area contributed by atoms with Gasteiger partial charge in [-0.1, -0.05) is 0 Å². The second kappa shape index (κ2) is 3.96. The van der Waals surface area contributed by atoms with E-state index in [1.165, 1.54) is 6.92 Å². The van der Waals surface area contributed by atoms with Crippen molar-refractivity contribution in [2.45, 2.75) is 50.4 Å². The minimum Gasteiger partial charge on any atom is -0.391 e.